The van der Waals surface area contributed by atoms with E-state index in [0.29, 0.717) is 11.4 Å². The lowest BCUT2D eigenvalue weighted by molar-refractivity contribution is -0.139. The van der Waals surface area contributed by atoms with Gasteiger partial charge < -0.3 is 15.0 Å². The number of amides is 2. The van der Waals surface area contributed by atoms with Gasteiger partial charge in [0.15, 0.2) is 6.61 Å². The summed E-state index contributed by atoms with van der Waals surface area (Å²) in [6.45, 7) is 5.70. The van der Waals surface area contributed by atoms with Crippen molar-refractivity contribution in [3.63, 3.8) is 0 Å². The van der Waals surface area contributed by atoms with Crippen LogP contribution < -0.4 is 10.1 Å². The molecule has 0 unspecified atom stereocenters. The molecule has 1 saturated heterocycles. The fraction of sp³-hybridized carbons (Fsp3) is 0.529. The van der Waals surface area contributed by atoms with Crippen molar-refractivity contribution < 1.29 is 14.3 Å². The van der Waals surface area contributed by atoms with Crippen LogP contribution in [0.5, 0.6) is 5.75 Å². The summed E-state index contributed by atoms with van der Waals surface area (Å²) in [5.74, 6) is 0.544. The summed E-state index contributed by atoms with van der Waals surface area (Å²) in [6, 6.07) is 7.58. The van der Waals surface area contributed by atoms with Gasteiger partial charge in [0.25, 0.3) is 5.91 Å². The van der Waals surface area contributed by atoms with E-state index < -0.39 is 0 Å². The number of piperidine rings is 1. The van der Waals surface area contributed by atoms with Crippen LogP contribution in [-0.2, 0) is 9.59 Å². The number of benzene rings is 1. The Labute approximate surface area is 131 Å². The lowest BCUT2D eigenvalue weighted by Gasteiger charge is -2.38. The second-order valence-corrected chi connectivity index (χ2v) is 5.92. The third kappa shape index (κ3) is 4.23. The van der Waals surface area contributed by atoms with E-state index in [4.69, 9.17) is 4.74 Å². The van der Waals surface area contributed by atoms with Crippen LogP contribution in [0, 0.1) is 0 Å². The summed E-state index contributed by atoms with van der Waals surface area (Å²) in [5.41, 5.74) is 0.712. The van der Waals surface area contributed by atoms with Gasteiger partial charge in [-0.1, -0.05) is 0 Å². The molecular weight excluding hydrogens is 280 g/mol. The Morgan fingerprint density at radius 3 is 2.32 bits per heavy atom. The standard InChI is InChI=1S/C17H24N2O3/c1-12-5-4-6-13(2)19(12)17(21)11-22-16-9-7-15(8-10-16)18-14(3)20/h7-10,12-13H,4-6,11H2,1-3H3,(H,18,20)/t12-,13-/m0/s1. The van der Waals surface area contributed by atoms with Crippen LogP contribution in [0.3, 0.4) is 0 Å². The van der Waals surface area contributed by atoms with Gasteiger partial charge in [-0.15, -0.1) is 0 Å². The average Bonchev–Trinajstić information content (AvgIpc) is 2.46. The minimum Gasteiger partial charge on any atom is -0.484 e. The van der Waals surface area contributed by atoms with E-state index >= 15 is 0 Å². The van der Waals surface area contributed by atoms with Gasteiger partial charge in [-0.25, -0.2) is 0 Å². The minimum atomic E-state index is -0.114. The molecule has 22 heavy (non-hydrogen) atoms. The van der Waals surface area contributed by atoms with Crippen molar-refractivity contribution >= 4 is 17.5 Å². The van der Waals surface area contributed by atoms with Crippen LogP contribution in [0.2, 0.25) is 0 Å². The SMILES string of the molecule is CC(=O)Nc1ccc(OCC(=O)N2[C@@H](C)CCC[C@@H]2C)cc1. The molecule has 1 aliphatic rings. The van der Waals surface area contributed by atoms with Crippen molar-refractivity contribution in [2.45, 2.75) is 52.1 Å². The maximum atomic E-state index is 12.3. The number of nitrogens with zero attached hydrogens (tertiary/aromatic N) is 1. The molecule has 0 aliphatic carbocycles. The molecule has 1 N–H and O–H groups in total. The van der Waals surface area contributed by atoms with Gasteiger partial charge >= 0.3 is 0 Å². The molecule has 1 aromatic rings. The third-order valence-electron chi connectivity index (χ3n) is 4.02. The van der Waals surface area contributed by atoms with E-state index in [-0.39, 0.29) is 30.5 Å². The highest BCUT2D eigenvalue weighted by molar-refractivity contribution is 5.88. The lowest BCUT2D eigenvalue weighted by Crippen LogP contribution is -2.49. The van der Waals surface area contributed by atoms with Crippen LogP contribution in [0.25, 0.3) is 0 Å². The summed E-state index contributed by atoms with van der Waals surface area (Å²) in [5, 5.41) is 2.69. The van der Waals surface area contributed by atoms with Crippen molar-refractivity contribution in [1.29, 1.82) is 0 Å². The second kappa shape index (κ2) is 7.29. The summed E-state index contributed by atoms with van der Waals surface area (Å²) < 4.78 is 5.57. The van der Waals surface area contributed by atoms with Crippen LogP contribution in [0.1, 0.15) is 40.0 Å². The van der Waals surface area contributed by atoms with Crippen LogP contribution in [0.4, 0.5) is 5.69 Å². The highest BCUT2D eigenvalue weighted by atomic mass is 16.5. The molecule has 0 radical (unpaired) electrons. The first kappa shape index (κ1) is 16.3. The zero-order valence-electron chi connectivity index (χ0n) is 13.5. The minimum absolute atomic E-state index is 0.0330. The Balaban J connectivity index is 1.89. The van der Waals surface area contributed by atoms with Crippen molar-refractivity contribution in [2.24, 2.45) is 0 Å². The van der Waals surface area contributed by atoms with Crippen LogP contribution >= 0.6 is 0 Å². The maximum absolute atomic E-state index is 12.3. The Bertz CT molecular complexity index is 517. The molecule has 2 atom stereocenters. The Kier molecular flexibility index (Phi) is 5.41. The van der Waals surface area contributed by atoms with E-state index in [2.05, 4.69) is 19.2 Å². The topological polar surface area (TPSA) is 58.6 Å². The molecule has 0 saturated carbocycles. The van der Waals surface area contributed by atoms with Crippen molar-refractivity contribution in [3.05, 3.63) is 24.3 Å². The number of ether oxygens (including phenoxy) is 1. The van der Waals surface area contributed by atoms with Gasteiger partial charge in [0.05, 0.1) is 0 Å². The van der Waals surface area contributed by atoms with Crippen molar-refractivity contribution in [3.8, 4) is 5.75 Å². The quantitative estimate of drug-likeness (QED) is 0.930. The van der Waals surface area contributed by atoms with E-state index in [9.17, 15) is 9.59 Å². The molecule has 5 nitrogen and oxygen atoms in total. The fourth-order valence-corrected chi connectivity index (χ4v) is 2.97. The van der Waals surface area contributed by atoms with Gasteiger partial charge in [-0.3, -0.25) is 9.59 Å². The number of likely N-dealkylation sites (tertiary alicyclic amines) is 1. The van der Waals surface area contributed by atoms with Gasteiger partial charge in [0, 0.05) is 24.7 Å². The molecule has 5 heteroatoms. The van der Waals surface area contributed by atoms with Crippen LogP contribution in [0.15, 0.2) is 24.3 Å². The number of anilines is 1. The summed E-state index contributed by atoms with van der Waals surface area (Å²) >= 11 is 0. The first-order chi connectivity index (χ1) is 10.5. The number of carbonyl (C=O) groups excluding carboxylic acids is 2. The monoisotopic (exact) mass is 304 g/mol. The molecule has 2 amide bonds. The highest BCUT2D eigenvalue weighted by Crippen LogP contribution is 2.23. The zero-order chi connectivity index (χ0) is 16.1. The predicted octanol–water partition coefficient (Wildman–Crippen LogP) is 2.81. The molecule has 1 heterocycles. The average molecular weight is 304 g/mol. The van der Waals surface area contributed by atoms with E-state index in [0.717, 1.165) is 12.8 Å². The Hall–Kier alpha value is -2.04. The number of carbonyl (C=O) groups is 2. The largest absolute Gasteiger partial charge is 0.484 e. The van der Waals surface area contributed by atoms with Gasteiger partial charge in [0.1, 0.15) is 5.75 Å². The highest BCUT2D eigenvalue weighted by Gasteiger charge is 2.28. The second-order valence-electron chi connectivity index (χ2n) is 5.92. The van der Waals surface area contributed by atoms with Gasteiger partial charge in [0.2, 0.25) is 5.91 Å². The molecule has 0 bridgehead atoms. The lowest BCUT2D eigenvalue weighted by atomic mass is 9.97. The molecule has 1 aromatic carbocycles. The van der Waals surface area contributed by atoms with Gasteiger partial charge in [-0.2, -0.15) is 0 Å². The predicted molar refractivity (Wildman–Crippen MR) is 85.9 cm³/mol. The van der Waals surface area contributed by atoms with E-state index in [1.54, 1.807) is 24.3 Å². The Morgan fingerprint density at radius 2 is 1.77 bits per heavy atom. The number of nitrogens with one attached hydrogen (secondary N) is 1. The summed E-state index contributed by atoms with van der Waals surface area (Å²) in [4.78, 5) is 25.2. The first-order valence-electron chi connectivity index (χ1n) is 7.79. The van der Waals surface area contributed by atoms with E-state index in [1.807, 2.05) is 4.90 Å². The number of hydrogen-bond acceptors (Lipinski definition) is 3. The number of rotatable bonds is 4. The fourth-order valence-electron chi connectivity index (χ4n) is 2.97. The summed E-state index contributed by atoms with van der Waals surface area (Å²) in [7, 11) is 0. The maximum Gasteiger partial charge on any atom is 0.260 e. The smallest absolute Gasteiger partial charge is 0.260 e. The normalized spacial score (nSPS) is 21.3. The van der Waals surface area contributed by atoms with Crippen molar-refractivity contribution in [1.82, 2.24) is 4.90 Å². The zero-order valence-corrected chi connectivity index (χ0v) is 13.5. The molecule has 0 aromatic heterocycles. The molecular formula is C17H24N2O3. The third-order valence-corrected chi connectivity index (χ3v) is 4.02. The van der Waals surface area contributed by atoms with Gasteiger partial charge in [-0.05, 0) is 57.4 Å². The molecule has 0 spiro atoms. The molecule has 1 fully saturated rings. The Morgan fingerprint density at radius 1 is 1.18 bits per heavy atom. The molecule has 120 valence electrons. The molecule has 2 rings (SSSR count). The summed E-state index contributed by atoms with van der Waals surface area (Å²) in [6.07, 6.45) is 3.29. The van der Waals surface area contributed by atoms with E-state index in [1.165, 1.54) is 13.3 Å². The first-order valence-corrected chi connectivity index (χ1v) is 7.79. The van der Waals surface area contributed by atoms with Crippen molar-refractivity contribution in [2.75, 3.05) is 11.9 Å². The van der Waals surface area contributed by atoms with Crippen LogP contribution in [-0.4, -0.2) is 35.4 Å². The molecule has 1 aliphatic heterocycles. The number of hydrogen-bond donors (Lipinski definition) is 1.